The van der Waals surface area contributed by atoms with E-state index in [4.69, 9.17) is 4.74 Å². The molecule has 0 fully saturated rings. The normalized spacial score (nSPS) is 12.0. The van der Waals surface area contributed by atoms with E-state index >= 15 is 0 Å². The first-order valence-corrected chi connectivity index (χ1v) is 6.31. The Morgan fingerprint density at radius 2 is 1.79 bits per heavy atom. The van der Waals surface area contributed by atoms with Crippen LogP contribution in [0.25, 0.3) is 0 Å². The van der Waals surface area contributed by atoms with Crippen molar-refractivity contribution in [2.24, 2.45) is 0 Å². The molecule has 19 heavy (non-hydrogen) atoms. The lowest BCUT2D eigenvalue weighted by atomic mass is 10.1. The van der Waals surface area contributed by atoms with E-state index < -0.39 is 0 Å². The fourth-order valence-electron chi connectivity index (χ4n) is 1.99. The van der Waals surface area contributed by atoms with Crippen LogP contribution in [0.5, 0.6) is 5.75 Å². The molecule has 0 saturated heterocycles. The van der Waals surface area contributed by atoms with Crippen molar-refractivity contribution in [1.29, 1.82) is 0 Å². The third-order valence-electron chi connectivity index (χ3n) is 2.95. The van der Waals surface area contributed by atoms with Crippen molar-refractivity contribution in [1.82, 2.24) is 9.97 Å². The SMILES string of the molecule is COc1ccc(C(C)Nc2cc(C)nc(C)n2)cc1. The van der Waals surface area contributed by atoms with Crippen LogP contribution in [0.2, 0.25) is 0 Å². The summed E-state index contributed by atoms with van der Waals surface area (Å²) in [5.74, 6) is 2.50. The van der Waals surface area contributed by atoms with Gasteiger partial charge in [-0.3, -0.25) is 0 Å². The molecule has 2 aromatic rings. The van der Waals surface area contributed by atoms with Crippen LogP contribution in [-0.2, 0) is 0 Å². The second kappa shape index (κ2) is 5.69. The minimum Gasteiger partial charge on any atom is -0.497 e. The van der Waals surface area contributed by atoms with Gasteiger partial charge in [0.25, 0.3) is 0 Å². The summed E-state index contributed by atoms with van der Waals surface area (Å²) in [5.41, 5.74) is 2.16. The number of aromatic nitrogens is 2. The van der Waals surface area contributed by atoms with E-state index in [1.54, 1.807) is 7.11 Å². The predicted molar refractivity (Wildman–Crippen MR) is 76.5 cm³/mol. The van der Waals surface area contributed by atoms with Crippen molar-refractivity contribution >= 4 is 5.82 Å². The lowest BCUT2D eigenvalue weighted by Crippen LogP contribution is -2.09. The maximum absolute atomic E-state index is 5.16. The highest BCUT2D eigenvalue weighted by atomic mass is 16.5. The summed E-state index contributed by atoms with van der Waals surface area (Å²) in [6.45, 7) is 5.97. The van der Waals surface area contributed by atoms with Gasteiger partial charge in [0.2, 0.25) is 0 Å². The smallest absolute Gasteiger partial charge is 0.130 e. The average Bonchev–Trinajstić information content (AvgIpc) is 2.37. The number of nitrogens with one attached hydrogen (secondary N) is 1. The molecule has 100 valence electrons. The fraction of sp³-hybridized carbons (Fsp3) is 0.333. The molecule has 0 radical (unpaired) electrons. The molecule has 0 aliphatic heterocycles. The molecule has 1 unspecified atom stereocenters. The summed E-state index contributed by atoms with van der Waals surface area (Å²) in [6, 6.07) is 10.2. The van der Waals surface area contributed by atoms with Crippen LogP contribution < -0.4 is 10.1 Å². The van der Waals surface area contributed by atoms with E-state index in [0.717, 1.165) is 23.1 Å². The molecular weight excluding hydrogens is 238 g/mol. The number of hydrogen-bond donors (Lipinski definition) is 1. The van der Waals surface area contributed by atoms with E-state index in [0.29, 0.717) is 0 Å². The average molecular weight is 257 g/mol. The zero-order valence-corrected chi connectivity index (χ0v) is 11.8. The zero-order valence-electron chi connectivity index (χ0n) is 11.8. The molecule has 1 aromatic heterocycles. The van der Waals surface area contributed by atoms with Crippen molar-refractivity contribution in [3.8, 4) is 5.75 Å². The quantitative estimate of drug-likeness (QED) is 0.913. The fourth-order valence-corrected chi connectivity index (χ4v) is 1.99. The van der Waals surface area contributed by atoms with Gasteiger partial charge in [0, 0.05) is 17.8 Å². The maximum atomic E-state index is 5.16. The van der Waals surface area contributed by atoms with Gasteiger partial charge in [-0.2, -0.15) is 0 Å². The lowest BCUT2D eigenvalue weighted by Gasteiger charge is -2.16. The molecule has 1 heterocycles. The molecule has 0 spiro atoms. The van der Waals surface area contributed by atoms with Gasteiger partial charge < -0.3 is 10.1 Å². The predicted octanol–water partition coefficient (Wildman–Crippen LogP) is 3.28. The van der Waals surface area contributed by atoms with Crippen LogP contribution in [0.3, 0.4) is 0 Å². The van der Waals surface area contributed by atoms with Gasteiger partial charge in [0.1, 0.15) is 17.4 Å². The number of hydrogen-bond acceptors (Lipinski definition) is 4. The first-order chi connectivity index (χ1) is 9.08. The number of aryl methyl sites for hydroxylation is 2. The summed E-state index contributed by atoms with van der Waals surface area (Å²) in [6.07, 6.45) is 0. The Labute approximate surface area is 113 Å². The van der Waals surface area contributed by atoms with Gasteiger partial charge in [-0.25, -0.2) is 9.97 Å². The molecule has 0 bridgehead atoms. The number of benzene rings is 1. The van der Waals surface area contributed by atoms with Crippen molar-refractivity contribution < 1.29 is 4.74 Å². The zero-order chi connectivity index (χ0) is 13.8. The first-order valence-electron chi connectivity index (χ1n) is 6.31. The lowest BCUT2D eigenvalue weighted by molar-refractivity contribution is 0.414. The van der Waals surface area contributed by atoms with E-state index in [1.165, 1.54) is 5.56 Å². The molecule has 1 aromatic carbocycles. The number of ether oxygens (including phenoxy) is 1. The van der Waals surface area contributed by atoms with E-state index in [-0.39, 0.29) is 6.04 Å². The highest BCUT2D eigenvalue weighted by Crippen LogP contribution is 2.20. The Hall–Kier alpha value is -2.10. The van der Waals surface area contributed by atoms with Crippen LogP contribution in [0.15, 0.2) is 30.3 Å². The standard InChI is InChI=1S/C15H19N3O/c1-10-9-15(18-12(3)16-10)17-11(2)13-5-7-14(19-4)8-6-13/h5-9,11H,1-4H3,(H,16,17,18). The molecular formula is C15H19N3O. The third kappa shape index (κ3) is 3.44. The summed E-state index contributed by atoms with van der Waals surface area (Å²) in [4.78, 5) is 8.66. The maximum Gasteiger partial charge on any atom is 0.130 e. The Morgan fingerprint density at radius 3 is 2.37 bits per heavy atom. The number of nitrogens with zero attached hydrogens (tertiary/aromatic N) is 2. The van der Waals surface area contributed by atoms with E-state index in [1.807, 2.05) is 32.0 Å². The van der Waals surface area contributed by atoms with Gasteiger partial charge in [0.05, 0.1) is 7.11 Å². The molecule has 0 saturated carbocycles. The Kier molecular flexibility index (Phi) is 4.00. The summed E-state index contributed by atoms with van der Waals surface area (Å²) in [5, 5.41) is 3.39. The van der Waals surface area contributed by atoms with Crippen LogP contribution in [-0.4, -0.2) is 17.1 Å². The van der Waals surface area contributed by atoms with Crippen molar-refractivity contribution in [2.45, 2.75) is 26.8 Å². The second-order valence-electron chi connectivity index (χ2n) is 4.58. The number of anilines is 1. The Bertz CT molecular complexity index is 532. The minimum atomic E-state index is 0.180. The monoisotopic (exact) mass is 257 g/mol. The van der Waals surface area contributed by atoms with Gasteiger partial charge in [0.15, 0.2) is 0 Å². The highest BCUT2D eigenvalue weighted by molar-refractivity contribution is 5.40. The second-order valence-corrected chi connectivity index (χ2v) is 4.58. The van der Waals surface area contributed by atoms with Crippen LogP contribution in [0, 0.1) is 13.8 Å². The number of methoxy groups -OCH3 is 1. The topological polar surface area (TPSA) is 47.0 Å². The first kappa shape index (κ1) is 13.3. The van der Waals surface area contributed by atoms with Gasteiger partial charge in [-0.05, 0) is 38.5 Å². The molecule has 0 aliphatic rings. The van der Waals surface area contributed by atoms with E-state index in [9.17, 15) is 0 Å². The van der Waals surface area contributed by atoms with Crippen LogP contribution >= 0.6 is 0 Å². The summed E-state index contributed by atoms with van der Waals surface area (Å²) < 4.78 is 5.16. The van der Waals surface area contributed by atoms with Gasteiger partial charge in [-0.15, -0.1) is 0 Å². The molecule has 2 rings (SSSR count). The molecule has 1 atom stereocenters. The van der Waals surface area contributed by atoms with Crippen LogP contribution in [0.1, 0.15) is 30.0 Å². The van der Waals surface area contributed by atoms with Gasteiger partial charge in [-0.1, -0.05) is 12.1 Å². The summed E-state index contributed by atoms with van der Waals surface area (Å²) >= 11 is 0. The molecule has 0 aliphatic carbocycles. The van der Waals surface area contributed by atoms with Crippen molar-refractivity contribution in [3.63, 3.8) is 0 Å². The Balaban J connectivity index is 2.13. The summed E-state index contributed by atoms with van der Waals surface area (Å²) in [7, 11) is 1.67. The van der Waals surface area contributed by atoms with Crippen LogP contribution in [0.4, 0.5) is 5.82 Å². The van der Waals surface area contributed by atoms with Crippen molar-refractivity contribution in [3.05, 3.63) is 47.4 Å². The van der Waals surface area contributed by atoms with Crippen molar-refractivity contribution in [2.75, 3.05) is 12.4 Å². The molecule has 1 N–H and O–H groups in total. The Morgan fingerprint density at radius 1 is 1.11 bits per heavy atom. The molecule has 4 nitrogen and oxygen atoms in total. The highest BCUT2D eigenvalue weighted by Gasteiger charge is 2.07. The van der Waals surface area contributed by atoms with E-state index in [2.05, 4.69) is 34.3 Å². The third-order valence-corrected chi connectivity index (χ3v) is 2.95. The minimum absolute atomic E-state index is 0.180. The molecule has 4 heteroatoms. The number of rotatable bonds is 4. The van der Waals surface area contributed by atoms with Gasteiger partial charge >= 0.3 is 0 Å². The largest absolute Gasteiger partial charge is 0.497 e. The molecule has 0 amide bonds.